The lowest BCUT2D eigenvalue weighted by Gasteiger charge is -2.15. The van der Waals surface area contributed by atoms with Crippen molar-refractivity contribution in [2.75, 3.05) is 6.61 Å². The highest BCUT2D eigenvalue weighted by Crippen LogP contribution is 2.37. The Kier molecular flexibility index (Phi) is 4.48. The van der Waals surface area contributed by atoms with Crippen molar-refractivity contribution in [2.24, 2.45) is 5.14 Å². The van der Waals surface area contributed by atoms with Crippen LogP contribution in [-0.2, 0) is 10.0 Å². The molecule has 0 fully saturated rings. The monoisotopic (exact) mass is 321 g/mol. The van der Waals surface area contributed by atoms with Crippen LogP contribution in [0.15, 0.2) is 47.4 Å². The van der Waals surface area contributed by atoms with Crippen LogP contribution in [0.1, 0.15) is 17.3 Å². The second-order valence-corrected chi connectivity index (χ2v) is 6.03. The number of primary sulfonamides is 1. The molecule has 0 aliphatic rings. The molecule has 2 rings (SSSR count). The molecule has 0 saturated carbocycles. The number of rotatable bonds is 5. The number of nitrogens with two attached hydrogens (primary N) is 1. The van der Waals surface area contributed by atoms with Gasteiger partial charge in [0.2, 0.25) is 10.0 Å². The second-order valence-electron chi connectivity index (χ2n) is 4.50. The van der Waals surface area contributed by atoms with Crippen molar-refractivity contribution in [3.63, 3.8) is 0 Å². The van der Waals surface area contributed by atoms with Gasteiger partial charge in [0.25, 0.3) is 0 Å². The average Bonchev–Trinajstić information content (AvgIpc) is 2.46. The summed E-state index contributed by atoms with van der Waals surface area (Å²) in [6.45, 7) is 1.98. The van der Waals surface area contributed by atoms with Crippen LogP contribution >= 0.6 is 0 Å². The van der Waals surface area contributed by atoms with Gasteiger partial charge < -0.3 is 9.84 Å². The highest BCUT2D eigenvalue weighted by Gasteiger charge is 2.23. The number of benzene rings is 2. The molecular weight excluding hydrogens is 306 g/mol. The maximum Gasteiger partial charge on any atom is 0.335 e. The maximum absolute atomic E-state index is 11.9. The van der Waals surface area contributed by atoms with Gasteiger partial charge in [-0.2, -0.15) is 0 Å². The first-order valence-electron chi connectivity index (χ1n) is 6.47. The molecule has 0 aliphatic heterocycles. The Labute approximate surface area is 128 Å². The van der Waals surface area contributed by atoms with E-state index in [-0.39, 0.29) is 28.4 Å². The van der Waals surface area contributed by atoms with Crippen LogP contribution < -0.4 is 9.88 Å². The van der Waals surface area contributed by atoms with Crippen LogP contribution in [-0.4, -0.2) is 26.1 Å². The molecule has 0 radical (unpaired) electrons. The fourth-order valence-corrected chi connectivity index (χ4v) is 2.89. The zero-order chi connectivity index (χ0) is 16.3. The van der Waals surface area contributed by atoms with Gasteiger partial charge in [-0.3, -0.25) is 0 Å². The number of carbonyl (C=O) groups is 1. The predicted octanol–water partition coefficient (Wildman–Crippen LogP) is 2.10. The number of aromatic carboxylic acids is 1. The molecule has 0 amide bonds. The summed E-state index contributed by atoms with van der Waals surface area (Å²) in [5.41, 5.74) is 0.633. The SMILES string of the molecule is CCOc1cc(C(=O)O)cc(S(N)(=O)=O)c1-c1ccccc1. The lowest BCUT2D eigenvalue weighted by atomic mass is 10.0. The zero-order valence-corrected chi connectivity index (χ0v) is 12.6. The van der Waals surface area contributed by atoms with Crippen LogP contribution in [0.5, 0.6) is 5.75 Å². The summed E-state index contributed by atoms with van der Waals surface area (Å²) in [4.78, 5) is 10.9. The van der Waals surface area contributed by atoms with Crippen LogP contribution in [0, 0.1) is 0 Å². The Balaban J connectivity index is 2.86. The van der Waals surface area contributed by atoms with Gasteiger partial charge in [0, 0.05) is 5.56 Å². The third-order valence-electron chi connectivity index (χ3n) is 2.98. The van der Waals surface area contributed by atoms with E-state index in [1.165, 1.54) is 6.07 Å². The fraction of sp³-hybridized carbons (Fsp3) is 0.133. The smallest absolute Gasteiger partial charge is 0.335 e. The van der Waals surface area contributed by atoms with Crippen molar-refractivity contribution < 1.29 is 23.1 Å². The summed E-state index contributed by atoms with van der Waals surface area (Å²) in [6.07, 6.45) is 0. The molecule has 0 saturated heterocycles. The first-order valence-corrected chi connectivity index (χ1v) is 8.01. The number of hydrogen-bond donors (Lipinski definition) is 2. The van der Waals surface area contributed by atoms with E-state index < -0.39 is 16.0 Å². The van der Waals surface area contributed by atoms with Gasteiger partial charge in [0.15, 0.2) is 0 Å². The maximum atomic E-state index is 11.9. The van der Waals surface area contributed by atoms with E-state index in [0.717, 1.165) is 6.07 Å². The first kappa shape index (κ1) is 16.0. The summed E-state index contributed by atoms with van der Waals surface area (Å²) in [5, 5.41) is 14.4. The molecule has 2 aromatic rings. The predicted molar refractivity (Wildman–Crippen MR) is 81.4 cm³/mol. The minimum atomic E-state index is -4.12. The molecule has 3 N–H and O–H groups in total. The van der Waals surface area contributed by atoms with Gasteiger partial charge in [-0.25, -0.2) is 18.4 Å². The summed E-state index contributed by atoms with van der Waals surface area (Å²) < 4.78 is 29.2. The van der Waals surface area contributed by atoms with Crippen molar-refractivity contribution >= 4 is 16.0 Å². The van der Waals surface area contributed by atoms with Gasteiger partial charge in [-0.15, -0.1) is 0 Å². The van der Waals surface area contributed by atoms with Gasteiger partial charge in [-0.1, -0.05) is 30.3 Å². The van der Waals surface area contributed by atoms with E-state index in [1.54, 1.807) is 37.3 Å². The number of sulfonamides is 1. The Hall–Kier alpha value is -2.38. The molecular formula is C15H15NO5S. The van der Waals surface area contributed by atoms with Gasteiger partial charge in [-0.05, 0) is 24.6 Å². The third kappa shape index (κ3) is 3.26. The van der Waals surface area contributed by atoms with E-state index in [1.807, 2.05) is 0 Å². The van der Waals surface area contributed by atoms with Crippen molar-refractivity contribution in [1.82, 2.24) is 0 Å². The Morgan fingerprint density at radius 1 is 1.23 bits per heavy atom. The number of hydrogen-bond acceptors (Lipinski definition) is 4. The van der Waals surface area contributed by atoms with E-state index in [0.29, 0.717) is 5.56 Å². The van der Waals surface area contributed by atoms with Crippen molar-refractivity contribution in [3.8, 4) is 16.9 Å². The molecule has 22 heavy (non-hydrogen) atoms. The molecule has 6 nitrogen and oxygen atoms in total. The summed E-state index contributed by atoms with van der Waals surface area (Å²) >= 11 is 0. The molecule has 0 heterocycles. The van der Waals surface area contributed by atoms with Crippen LogP contribution in [0.4, 0.5) is 0 Å². The molecule has 116 valence electrons. The number of carboxylic acids is 1. The van der Waals surface area contributed by atoms with E-state index in [4.69, 9.17) is 15.0 Å². The topological polar surface area (TPSA) is 107 Å². The highest BCUT2D eigenvalue weighted by atomic mass is 32.2. The van der Waals surface area contributed by atoms with Gasteiger partial charge >= 0.3 is 5.97 Å². The molecule has 2 aromatic carbocycles. The first-order chi connectivity index (χ1) is 10.3. The molecule has 0 unspecified atom stereocenters. The van der Waals surface area contributed by atoms with Crippen LogP contribution in [0.2, 0.25) is 0 Å². The minimum absolute atomic E-state index is 0.164. The molecule has 0 bridgehead atoms. The summed E-state index contributed by atoms with van der Waals surface area (Å²) in [7, 11) is -4.12. The van der Waals surface area contributed by atoms with Gasteiger partial charge in [0.05, 0.1) is 17.1 Å². The normalized spacial score (nSPS) is 11.2. The van der Waals surface area contributed by atoms with Crippen molar-refractivity contribution in [1.29, 1.82) is 0 Å². The molecule has 7 heteroatoms. The van der Waals surface area contributed by atoms with E-state index in [9.17, 15) is 13.2 Å². The number of ether oxygens (including phenoxy) is 1. The molecule has 0 spiro atoms. The Morgan fingerprint density at radius 3 is 2.36 bits per heavy atom. The highest BCUT2D eigenvalue weighted by molar-refractivity contribution is 7.89. The van der Waals surface area contributed by atoms with E-state index >= 15 is 0 Å². The lowest BCUT2D eigenvalue weighted by molar-refractivity contribution is 0.0696. The number of carboxylic acid groups (broad SMARTS) is 1. The standard InChI is InChI=1S/C15H15NO5S/c1-2-21-12-8-11(15(17)18)9-13(22(16,19)20)14(12)10-6-4-3-5-7-10/h3-9H,2H2,1H3,(H,17,18)(H2,16,19,20). The molecule has 0 aromatic heterocycles. The van der Waals surface area contributed by atoms with Crippen molar-refractivity contribution in [2.45, 2.75) is 11.8 Å². The summed E-state index contributed by atoms with van der Waals surface area (Å²) in [5.74, 6) is -1.09. The average molecular weight is 321 g/mol. The Bertz CT molecular complexity index is 800. The minimum Gasteiger partial charge on any atom is -0.493 e. The zero-order valence-electron chi connectivity index (χ0n) is 11.8. The fourth-order valence-electron chi connectivity index (χ4n) is 2.10. The van der Waals surface area contributed by atoms with E-state index in [2.05, 4.69) is 0 Å². The molecule has 0 aliphatic carbocycles. The van der Waals surface area contributed by atoms with Crippen LogP contribution in [0.25, 0.3) is 11.1 Å². The summed E-state index contributed by atoms with van der Waals surface area (Å²) in [6, 6.07) is 11.0. The van der Waals surface area contributed by atoms with Gasteiger partial charge in [0.1, 0.15) is 5.75 Å². The van der Waals surface area contributed by atoms with Crippen LogP contribution in [0.3, 0.4) is 0 Å². The second kappa shape index (κ2) is 6.17. The lowest BCUT2D eigenvalue weighted by Crippen LogP contribution is -2.15. The largest absolute Gasteiger partial charge is 0.493 e. The Morgan fingerprint density at radius 2 is 1.86 bits per heavy atom. The molecule has 0 atom stereocenters. The third-order valence-corrected chi connectivity index (χ3v) is 3.92. The van der Waals surface area contributed by atoms with Crippen molar-refractivity contribution in [3.05, 3.63) is 48.0 Å². The quantitative estimate of drug-likeness (QED) is 0.877.